The van der Waals surface area contributed by atoms with Crippen molar-refractivity contribution in [2.24, 2.45) is 0 Å². The van der Waals surface area contributed by atoms with Crippen LogP contribution in [0.2, 0.25) is 0 Å². The molecule has 0 radical (unpaired) electrons. The van der Waals surface area contributed by atoms with E-state index in [0.717, 1.165) is 43.5 Å². The lowest BCUT2D eigenvalue weighted by atomic mass is 10.0. The predicted octanol–water partition coefficient (Wildman–Crippen LogP) is 10.7. The van der Waals surface area contributed by atoms with Crippen molar-refractivity contribution in [2.75, 3.05) is 4.90 Å². The summed E-state index contributed by atoms with van der Waals surface area (Å²) in [6, 6.07) is 37.9. The van der Waals surface area contributed by atoms with Crippen LogP contribution in [0.4, 0.5) is 17.1 Å². The van der Waals surface area contributed by atoms with Crippen molar-refractivity contribution < 1.29 is 9.90 Å². The second kappa shape index (κ2) is 12.2. The molecule has 0 saturated carbocycles. The lowest BCUT2D eigenvalue weighted by Crippen LogP contribution is -2.09. The van der Waals surface area contributed by atoms with Gasteiger partial charge in [0, 0.05) is 36.6 Å². The number of carboxylic acid groups (broad SMARTS) is 1. The fraction of sp³-hybridized carbons (Fsp3) is 0.0857. The summed E-state index contributed by atoms with van der Waals surface area (Å²) in [5.74, 6) is -1.19. The van der Waals surface area contributed by atoms with E-state index in [9.17, 15) is 9.90 Å². The van der Waals surface area contributed by atoms with Gasteiger partial charge in [0.05, 0.1) is 6.57 Å². The molecule has 2 aromatic heterocycles. The first kappa shape index (κ1) is 27.9. The Hall–Kier alpha value is -4.70. The maximum Gasteiger partial charge on any atom is 0.334 e. The van der Waals surface area contributed by atoms with Gasteiger partial charge in [0.15, 0.2) is 0 Å². The maximum atomic E-state index is 11.4. The molecule has 0 fully saturated rings. The van der Waals surface area contributed by atoms with Gasteiger partial charge in [0.25, 0.3) is 5.70 Å². The molecule has 0 aliphatic rings. The number of nitrogens with zero attached hydrogens (tertiary/aromatic N) is 2. The van der Waals surface area contributed by atoms with E-state index in [0.29, 0.717) is 5.57 Å². The fourth-order valence-electron chi connectivity index (χ4n) is 4.61. The first-order valence-corrected chi connectivity index (χ1v) is 14.7. The lowest BCUT2D eigenvalue weighted by molar-refractivity contribution is -0.132. The third-order valence-electron chi connectivity index (χ3n) is 7.06. The molecule has 2 heterocycles. The molecule has 5 aromatic rings. The first-order chi connectivity index (χ1) is 19.9. The van der Waals surface area contributed by atoms with Crippen LogP contribution in [0.5, 0.6) is 0 Å². The molecule has 1 N–H and O–H groups in total. The van der Waals surface area contributed by atoms with Crippen molar-refractivity contribution in [1.29, 1.82) is 0 Å². The van der Waals surface area contributed by atoms with Gasteiger partial charge in [-0.2, -0.15) is 0 Å². The Balaban J connectivity index is 1.40. The topological polar surface area (TPSA) is 44.9 Å². The number of benzene rings is 3. The summed E-state index contributed by atoms with van der Waals surface area (Å²) in [6.07, 6.45) is 0. The van der Waals surface area contributed by atoms with E-state index in [1.807, 2.05) is 26.0 Å². The number of aliphatic carboxylic acids is 1. The van der Waals surface area contributed by atoms with Gasteiger partial charge >= 0.3 is 5.97 Å². The highest BCUT2D eigenvalue weighted by molar-refractivity contribution is 7.24. The van der Waals surface area contributed by atoms with Gasteiger partial charge in [-0.3, -0.25) is 4.79 Å². The van der Waals surface area contributed by atoms with Crippen LogP contribution in [0.3, 0.4) is 0 Å². The minimum Gasteiger partial charge on any atom is -0.486 e. The summed E-state index contributed by atoms with van der Waals surface area (Å²) in [7, 11) is 0. The zero-order chi connectivity index (χ0) is 28.9. The molecular weight excluding hydrogens is 545 g/mol. The molecule has 0 aliphatic heterocycles. The molecule has 4 nitrogen and oxygen atoms in total. The average Bonchev–Trinajstić information content (AvgIpc) is 3.69. The molecule has 0 unspecified atom stereocenters. The van der Waals surface area contributed by atoms with E-state index < -0.39 is 5.97 Å². The Morgan fingerprint density at radius 3 is 1.73 bits per heavy atom. The second-order valence-corrected chi connectivity index (χ2v) is 11.7. The van der Waals surface area contributed by atoms with E-state index in [-0.39, 0.29) is 5.70 Å². The molecule has 202 valence electrons. The van der Waals surface area contributed by atoms with Crippen LogP contribution < -0.4 is 4.90 Å². The maximum absolute atomic E-state index is 11.4. The van der Waals surface area contributed by atoms with Gasteiger partial charge in [-0.15, -0.1) is 22.7 Å². The Labute approximate surface area is 248 Å². The molecular formula is C35H28N2O2S2. The monoisotopic (exact) mass is 572 g/mol. The van der Waals surface area contributed by atoms with Gasteiger partial charge in [-0.1, -0.05) is 54.1 Å². The van der Waals surface area contributed by atoms with E-state index in [1.54, 1.807) is 29.6 Å². The molecule has 41 heavy (non-hydrogen) atoms. The lowest BCUT2D eigenvalue weighted by Gasteiger charge is -2.25. The van der Waals surface area contributed by atoms with Crippen molar-refractivity contribution in [2.45, 2.75) is 20.8 Å². The molecule has 6 heteroatoms. The largest absolute Gasteiger partial charge is 0.486 e. The summed E-state index contributed by atoms with van der Waals surface area (Å²) in [5, 5.41) is 9.35. The van der Waals surface area contributed by atoms with E-state index in [4.69, 9.17) is 6.57 Å². The first-order valence-electron chi connectivity index (χ1n) is 13.1. The smallest absolute Gasteiger partial charge is 0.334 e. The minimum absolute atomic E-state index is 0.233. The zero-order valence-corrected chi connectivity index (χ0v) is 24.6. The van der Waals surface area contributed by atoms with Crippen molar-refractivity contribution in [3.05, 3.63) is 142 Å². The normalized spacial score (nSPS) is 12.2. The standard InChI is InChI=1S/C35H28N2O2S2/c1-23(25(3)34(36-4)35(38)39)24(2)30-19-21-32(40-30)33-22-20-31(41-33)26-15-17-29(18-16-26)37(27-11-7-5-8-12-27)28-13-9-6-10-14-28/h5-22H,1-3H3,(H,38,39). The quantitative estimate of drug-likeness (QED) is 0.114. The zero-order valence-electron chi connectivity index (χ0n) is 23.0. The van der Waals surface area contributed by atoms with Crippen LogP contribution in [0.25, 0.3) is 30.6 Å². The van der Waals surface area contributed by atoms with Gasteiger partial charge in [0.2, 0.25) is 0 Å². The number of carbonyl (C=O) groups is 1. The van der Waals surface area contributed by atoms with Crippen LogP contribution >= 0.6 is 22.7 Å². The number of hydrogen-bond donors (Lipinski definition) is 1. The van der Waals surface area contributed by atoms with Crippen LogP contribution in [0.15, 0.2) is 126 Å². The number of rotatable bonds is 8. The van der Waals surface area contributed by atoms with Gasteiger partial charge in [0.1, 0.15) is 0 Å². The van der Waals surface area contributed by atoms with Crippen LogP contribution in [0, 0.1) is 6.57 Å². The van der Waals surface area contributed by atoms with E-state index in [2.05, 4.69) is 107 Å². The number of anilines is 3. The highest BCUT2D eigenvalue weighted by Crippen LogP contribution is 2.41. The van der Waals surface area contributed by atoms with Gasteiger partial charge < -0.3 is 10.0 Å². The van der Waals surface area contributed by atoms with Crippen molar-refractivity contribution >= 4 is 51.3 Å². The summed E-state index contributed by atoms with van der Waals surface area (Å²) >= 11 is 3.43. The summed E-state index contributed by atoms with van der Waals surface area (Å²) in [5.41, 5.74) is 6.54. The molecule has 0 atom stereocenters. The molecule has 0 amide bonds. The Morgan fingerprint density at radius 1 is 0.659 bits per heavy atom. The molecule has 5 rings (SSSR count). The second-order valence-electron chi connectivity index (χ2n) is 9.52. The van der Waals surface area contributed by atoms with E-state index in [1.165, 1.54) is 9.75 Å². The predicted molar refractivity (Wildman–Crippen MR) is 173 cm³/mol. The van der Waals surface area contributed by atoms with E-state index >= 15 is 0 Å². The third-order valence-corrected chi connectivity index (χ3v) is 9.59. The number of allylic oxidation sites excluding steroid dienone is 3. The van der Waals surface area contributed by atoms with Crippen LogP contribution in [0.1, 0.15) is 25.6 Å². The Bertz CT molecular complexity index is 1750. The number of para-hydroxylation sites is 2. The SMILES string of the molecule is [C-]#[N+]C(C(=O)O)=C(C)C(C)=C(C)c1ccc(-c2ccc(-c3ccc(N(c4ccccc4)c4ccccc4)cc3)s2)s1. The number of carboxylic acids is 1. The van der Waals surface area contributed by atoms with Crippen molar-refractivity contribution in [3.63, 3.8) is 0 Å². The highest BCUT2D eigenvalue weighted by atomic mass is 32.1. The Kier molecular flexibility index (Phi) is 8.30. The highest BCUT2D eigenvalue weighted by Gasteiger charge is 2.16. The molecule has 0 saturated heterocycles. The molecule has 0 aliphatic carbocycles. The molecule has 0 spiro atoms. The Morgan fingerprint density at radius 2 is 1.17 bits per heavy atom. The van der Waals surface area contributed by atoms with Gasteiger partial charge in [-0.05, 0) is 98.1 Å². The number of hydrogen-bond acceptors (Lipinski definition) is 4. The summed E-state index contributed by atoms with van der Waals surface area (Å²) in [6.45, 7) is 12.8. The van der Waals surface area contributed by atoms with Gasteiger partial charge in [-0.25, -0.2) is 4.85 Å². The van der Waals surface area contributed by atoms with Crippen molar-refractivity contribution in [3.8, 4) is 20.2 Å². The third kappa shape index (κ3) is 5.92. The molecule has 0 bridgehead atoms. The fourth-order valence-corrected chi connectivity index (χ4v) is 6.77. The van der Waals surface area contributed by atoms with Crippen LogP contribution in [-0.4, -0.2) is 11.1 Å². The molecule has 3 aromatic carbocycles. The summed E-state index contributed by atoms with van der Waals surface area (Å²) < 4.78 is 0. The number of thiophene rings is 2. The van der Waals surface area contributed by atoms with Crippen LogP contribution in [-0.2, 0) is 4.79 Å². The average molecular weight is 573 g/mol. The van der Waals surface area contributed by atoms with Crippen molar-refractivity contribution in [1.82, 2.24) is 0 Å². The summed E-state index contributed by atoms with van der Waals surface area (Å²) in [4.78, 5) is 21.5. The minimum atomic E-state index is -1.19.